The Balaban J connectivity index is 2.86. The molecule has 0 aromatic rings. The predicted octanol–water partition coefficient (Wildman–Crippen LogP) is 1.22. The van der Waals surface area contributed by atoms with Gasteiger partial charge in [-0.2, -0.15) is 0 Å². The molecule has 1 heterocycles. The Hall–Kier alpha value is -0.820. The summed E-state index contributed by atoms with van der Waals surface area (Å²) in [6.07, 6.45) is -0.366. The van der Waals surface area contributed by atoms with Crippen molar-refractivity contribution < 1.29 is 22.7 Å². The zero-order valence-electron chi connectivity index (χ0n) is 11.9. The molecule has 6 nitrogen and oxygen atoms in total. The Morgan fingerprint density at radius 3 is 2.35 bits per heavy atom. The molecule has 0 spiro atoms. The number of halogens is 1. The lowest BCUT2D eigenvalue weighted by Gasteiger charge is -2.30. The summed E-state index contributed by atoms with van der Waals surface area (Å²) in [4.78, 5) is 24.8. The van der Waals surface area contributed by atoms with Crippen molar-refractivity contribution >= 4 is 33.3 Å². The summed E-state index contributed by atoms with van der Waals surface area (Å²) < 4.78 is 28.3. The van der Waals surface area contributed by atoms with Crippen LogP contribution in [-0.4, -0.2) is 60.8 Å². The van der Waals surface area contributed by atoms with Crippen LogP contribution in [0, 0.1) is 0 Å². The maximum absolute atomic E-state index is 12.1. The second kappa shape index (κ2) is 6.30. The van der Waals surface area contributed by atoms with Crippen molar-refractivity contribution in [1.29, 1.82) is 0 Å². The summed E-state index contributed by atoms with van der Waals surface area (Å²) in [6.45, 7) is 4.89. The molecule has 20 heavy (non-hydrogen) atoms. The van der Waals surface area contributed by atoms with E-state index < -0.39 is 27.6 Å². The number of hydrogen-bond acceptors (Lipinski definition) is 5. The molecular formula is C12H20ClNO5S. The molecule has 0 aliphatic carbocycles. The maximum Gasteiger partial charge on any atom is 0.410 e. The fraction of sp³-hybridized carbons (Fsp3) is 0.833. The highest BCUT2D eigenvalue weighted by Crippen LogP contribution is 2.20. The fourth-order valence-corrected chi connectivity index (χ4v) is 3.73. The van der Waals surface area contributed by atoms with Gasteiger partial charge in [0.25, 0.3) is 0 Å². The number of amides is 1. The monoisotopic (exact) mass is 325 g/mol. The van der Waals surface area contributed by atoms with Gasteiger partial charge in [-0.3, -0.25) is 9.69 Å². The predicted molar refractivity (Wildman–Crippen MR) is 75.7 cm³/mol. The van der Waals surface area contributed by atoms with Gasteiger partial charge in [0.15, 0.2) is 15.6 Å². The molecule has 0 saturated carbocycles. The van der Waals surface area contributed by atoms with Crippen LogP contribution in [-0.2, 0) is 19.4 Å². The van der Waals surface area contributed by atoms with Crippen LogP contribution in [0.25, 0.3) is 0 Å². The molecular weight excluding hydrogens is 306 g/mol. The number of nitrogens with zero attached hydrogens (tertiary/aromatic N) is 1. The molecule has 0 aromatic carbocycles. The Labute approximate surface area is 124 Å². The summed E-state index contributed by atoms with van der Waals surface area (Å²) in [6, 6.07) is -0.526. The van der Waals surface area contributed by atoms with E-state index in [2.05, 4.69) is 0 Å². The number of carbonyl (C=O) groups is 2. The van der Waals surface area contributed by atoms with Gasteiger partial charge in [-0.15, -0.1) is 11.6 Å². The average Bonchev–Trinajstić information content (AvgIpc) is 2.63. The van der Waals surface area contributed by atoms with E-state index in [1.807, 2.05) is 0 Å². The minimum atomic E-state index is -3.15. The molecule has 1 atom stereocenters. The zero-order chi connectivity index (χ0) is 15.6. The fourth-order valence-electron chi connectivity index (χ4n) is 1.92. The zero-order valence-corrected chi connectivity index (χ0v) is 13.5. The summed E-state index contributed by atoms with van der Waals surface area (Å²) in [5.74, 6) is -0.686. The molecule has 0 aromatic heterocycles. The minimum Gasteiger partial charge on any atom is -0.444 e. The quantitative estimate of drug-likeness (QED) is 0.726. The normalized spacial score (nSPS) is 21.5. The molecule has 0 bridgehead atoms. The van der Waals surface area contributed by atoms with Crippen molar-refractivity contribution in [3.63, 3.8) is 0 Å². The van der Waals surface area contributed by atoms with Gasteiger partial charge in [-0.25, -0.2) is 13.2 Å². The van der Waals surface area contributed by atoms with Gasteiger partial charge in [0, 0.05) is 0 Å². The Morgan fingerprint density at radius 2 is 1.95 bits per heavy atom. The Bertz CT molecular complexity index is 483. The number of ketones is 1. The van der Waals surface area contributed by atoms with Gasteiger partial charge >= 0.3 is 6.09 Å². The van der Waals surface area contributed by atoms with Crippen molar-refractivity contribution in [3.05, 3.63) is 0 Å². The average molecular weight is 326 g/mol. The van der Waals surface area contributed by atoms with Crippen LogP contribution in [0.2, 0.25) is 0 Å². The van der Waals surface area contributed by atoms with Gasteiger partial charge in [-0.05, 0) is 27.2 Å². The number of ether oxygens (including phenoxy) is 1. The van der Waals surface area contributed by atoms with E-state index in [0.29, 0.717) is 6.42 Å². The first-order valence-electron chi connectivity index (χ1n) is 6.32. The molecule has 1 rings (SSSR count). The van der Waals surface area contributed by atoms with Crippen molar-refractivity contribution in [2.75, 3.05) is 23.9 Å². The largest absolute Gasteiger partial charge is 0.444 e. The van der Waals surface area contributed by atoms with Crippen LogP contribution >= 0.6 is 11.6 Å². The van der Waals surface area contributed by atoms with Gasteiger partial charge in [-0.1, -0.05) is 0 Å². The molecule has 1 unspecified atom stereocenters. The van der Waals surface area contributed by atoms with E-state index >= 15 is 0 Å². The lowest BCUT2D eigenvalue weighted by atomic mass is 10.2. The molecule has 1 aliphatic rings. The van der Waals surface area contributed by atoms with Crippen molar-refractivity contribution in [2.24, 2.45) is 0 Å². The highest BCUT2D eigenvalue weighted by atomic mass is 35.5. The van der Waals surface area contributed by atoms with Crippen LogP contribution in [0.3, 0.4) is 0 Å². The van der Waals surface area contributed by atoms with Crippen molar-refractivity contribution in [1.82, 2.24) is 4.90 Å². The third kappa shape index (κ3) is 5.28. The van der Waals surface area contributed by atoms with Gasteiger partial charge < -0.3 is 4.74 Å². The SMILES string of the molecule is CC(C)(C)OC(=O)N(CC(=O)CCl)C1CCS(=O)(=O)C1. The molecule has 8 heteroatoms. The number of Topliss-reactive ketones (excluding diaryl/α,β-unsaturated/α-hetero) is 1. The number of carbonyl (C=O) groups excluding carboxylic acids is 2. The number of rotatable bonds is 4. The lowest BCUT2D eigenvalue weighted by molar-refractivity contribution is -0.118. The summed E-state index contributed by atoms with van der Waals surface area (Å²) in [7, 11) is -3.15. The lowest BCUT2D eigenvalue weighted by Crippen LogP contribution is -2.46. The van der Waals surface area contributed by atoms with Gasteiger partial charge in [0.2, 0.25) is 0 Å². The topological polar surface area (TPSA) is 80.8 Å². The van der Waals surface area contributed by atoms with Crippen LogP contribution < -0.4 is 0 Å². The first-order chi connectivity index (χ1) is 9.04. The van der Waals surface area contributed by atoms with E-state index in [1.165, 1.54) is 4.90 Å². The Kier molecular flexibility index (Phi) is 5.43. The molecule has 1 saturated heterocycles. The number of hydrogen-bond donors (Lipinski definition) is 0. The molecule has 1 fully saturated rings. The maximum atomic E-state index is 12.1. The van der Waals surface area contributed by atoms with E-state index in [-0.39, 0.29) is 29.7 Å². The smallest absolute Gasteiger partial charge is 0.410 e. The third-order valence-corrected chi connectivity index (χ3v) is 4.82. The van der Waals surface area contributed by atoms with Crippen LogP contribution in [0.5, 0.6) is 0 Å². The highest BCUT2D eigenvalue weighted by Gasteiger charge is 2.37. The molecule has 116 valence electrons. The second-order valence-corrected chi connectivity index (χ2v) is 8.33. The van der Waals surface area contributed by atoms with Crippen molar-refractivity contribution in [2.45, 2.75) is 38.8 Å². The van der Waals surface area contributed by atoms with E-state index in [9.17, 15) is 18.0 Å². The number of sulfone groups is 1. The second-order valence-electron chi connectivity index (χ2n) is 5.84. The van der Waals surface area contributed by atoms with Gasteiger partial charge in [0.05, 0.1) is 30.0 Å². The van der Waals surface area contributed by atoms with Crippen molar-refractivity contribution in [3.8, 4) is 0 Å². The molecule has 1 amide bonds. The summed E-state index contributed by atoms with van der Waals surface area (Å²) in [5.41, 5.74) is -0.711. The standard InChI is InChI=1S/C12H20ClNO5S/c1-12(2,3)19-11(16)14(7-10(15)6-13)9-4-5-20(17,18)8-9/h9H,4-8H2,1-3H3. The number of alkyl halides is 1. The minimum absolute atomic E-state index is 0.0199. The van der Waals surface area contributed by atoms with E-state index in [4.69, 9.17) is 16.3 Å². The van der Waals surface area contributed by atoms with Gasteiger partial charge in [0.1, 0.15) is 5.60 Å². The first kappa shape index (κ1) is 17.2. The highest BCUT2D eigenvalue weighted by molar-refractivity contribution is 7.91. The van der Waals surface area contributed by atoms with Crippen LogP contribution in [0.1, 0.15) is 27.2 Å². The molecule has 0 N–H and O–H groups in total. The third-order valence-electron chi connectivity index (χ3n) is 2.77. The summed E-state index contributed by atoms with van der Waals surface area (Å²) >= 11 is 5.45. The molecule has 0 radical (unpaired) electrons. The van der Waals surface area contributed by atoms with Crippen LogP contribution in [0.4, 0.5) is 4.79 Å². The molecule has 1 aliphatic heterocycles. The summed E-state index contributed by atoms with van der Waals surface area (Å²) in [5, 5.41) is 0. The first-order valence-corrected chi connectivity index (χ1v) is 8.67. The van der Waals surface area contributed by atoms with E-state index in [0.717, 1.165) is 0 Å². The van der Waals surface area contributed by atoms with E-state index in [1.54, 1.807) is 20.8 Å². The Morgan fingerprint density at radius 1 is 1.35 bits per heavy atom. The van der Waals surface area contributed by atoms with Crippen LogP contribution in [0.15, 0.2) is 0 Å².